The standard InChI is InChI=1S/C15H22ClN3O/c1-10-9-19(3)7-6-13(10)18-15(20)12-8-11(16)4-5-14(12)17-2/h4-5,8,10,13,17H,6-7,9H2,1-3H3,(H,18,20). The summed E-state index contributed by atoms with van der Waals surface area (Å²) in [7, 11) is 3.92. The summed E-state index contributed by atoms with van der Waals surface area (Å²) in [5, 5.41) is 6.75. The summed E-state index contributed by atoms with van der Waals surface area (Å²) in [4.78, 5) is 14.7. The van der Waals surface area contributed by atoms with Gasteiger partial charge in [0.25, 0.3) is 5.91 Å². The number of piperidine rings is 1. The number of carbonyl (C=O) groups is 1. The van der Waals surface area contributed by atoms with Gasteiger partial charge in [-0.1, -0.05) is 18.5 Å². The van der Waals surface area contributed by atoms with Gasteiger partial charge in [0.2, 0.25) is 0 Å². The van der Waals surface area contributed by atoms with Crippen LogP contribution in [0.5, 0.6) is 0 Å². The quantitative estimate of drug-likeness (QED) is 0.900. The number of benzene rings is 1. The van der Waals surface area contributed by atoms with Crippen molar-refractivity contribution >= 4 is 23.2 Å². The number of anilines is 1. The van der Waals surface area contributed by atoms with Crippen LogP contribution in [0.15, 0.2) is 18.2 Å². The van der Waals surface area contributed by atoms with Crippen LogP contribution in [0.3, 0.4) is 0 Å². The minimum atomic E-state index is -0.0572. The minimum Gasteiger partial charge on any atom is -0.387 e. The summed E-state index contributed by atoms with van der Waals surface area (Å²) in [6.45, 7) is 4.21. The maximum absolute atomic E-state index is 12.4. The second kappa shape index (κ2) is 6.46. The van der Waals surface area contributed by atoms with Crippen molar-refractivity contribution in [3.63, 3.8) is 0 Å². The number of nitrogens with zero attached hydrogens (tertiary/aromatic N) is 1. The first-order valence-electron chi connectivity index (χ1n) is 6.98. The van der Waals surface area contributed by atoms with E-state index in [9.17, 15) is 4.79 Å². The summed E-state index contributed by atoms with van der Waals surface area (Å²) in [5.74, 6) is 0.396. The lowest BCUT2D eigenvalue weighted by Crippen LogP contribution is -2.48. The SMILES string of the molecule is CNc1ccc(Cl)cc1C(=O)NC1CCN(C)CC1C. The number of amides is 1. The monoisotopic (exact) mass is 295 g/mol. The van der Waals surface area contributed by atoms with Gasteiger partial charge in [-0.3, -0.25) is 4.79 Å². The Kier molecular flexibility index (Phi) is 4.89. The fourth-order valence-electron chi connectivity index (χ4n) is 2.74. The number of carbonyl (C=O) groups excluding carboxylic acids is 1. The fourth-order valence-corrected chi connectivity index (χ4v) is 2.91. The van der Waals surface area contributed by atoms with E-state index in [1.54, 1.807) is 19.2 Å². The summed E-state index contributed by atoms with van der Waals surface area (Å²) in [6.07, 6.45) is 0.985. The Morgan fingerprint density at radius 2 is 2.20 bits per heavy atom. The summed E-state index contributed by atoms with van der Waals surface area (Å²) >= 11 is 5.99. The van der Waals surface area contributed by atoms with Crippen LogP contribution in [0, 0.1) is 5.92 Å². The highest BCUT2D eigenvalue weighted by Crippen LogP contribution is 2.22. The molecule has 0 radical (unpaired) electrons. The van der Waals surface area contributed by atoms with Gasteiger partial charge in [-0.2, -0.15) is 0 Å². The minimum absolute atomic E-state index is 0.0572. The Morgan fingerprint density at radius 1 is 1.45 bits per heavy atom. The Morgan fingerprint density at radius 3 is 2.85 bits per heavy atom. The van der Waals surface area contributed by atoms with Crippen LogP contribution < -0.4 is 10.6 Å². The van der Waals surface area contributed by atoms with E-state index < -0.39 is 0 Å². The largest absolute Gasteiger partial charge is 0.387 e. The highest BCUT2D eigenvalue weighted by Gasteiger charge is 2.26. The highest BCUT2D eigenvalue weighted by molar-refractivity contribution is 6.31. The van der Waals surface area contributed by atoms with Crippen LogP contribution in [0.25, 0.3) is 0 Å². The fraction of sp³-hybridized carbons (Fsp3) is 0.533. The van der Waals surface area contributed by atoms with Crippen LogP contribution in [0.4, 0.5) is 5.69 Å². The zero-order chi connectivity index (χ0) is 14.7. The van der Waals surface area contributed by atoms with Crippen molar-refractivity contribution in [2.75, 3.05) is 32.5 Å². The first-order valence-corrected chi connectivity index (χ1v) is 7.35. The van der Waals surface area contributed by atoms with Crippen molar-refractivity contribution in [1.29, 1.82) is 0 Å². The molecule has 1 fully saturated rings. The van der Waals surface area contributed by atoms with Crippen LogP contribution in [-0.4, -0.2) is 44.0 Å². The molecule has 20 heavy (non-hydrogen) atoms. The number of hydrogen-bond donors (Lipinski definition) is 2. The molecule has 1 heterocycles. The number of rotatable bonds is 3. The molecular weight excluding hydrogens is 274 g/mol. The number of nitrogens with one attached hydrogen (secondary N) is 2. The Hall–Kier alpha value is -1.26. The van der Waals surface area contributed by atoms with Crippen molar-refractivity contribution in [2.24, 2.45) is 5.92 Å². The number of hydrogen-bond acceptors (Lipinski definition) is 3. The van der Waals surface area contributed by atoms with Crippen molar-refractivity contribution < 1.29 is 4.79 Å². The zero-order valence-electron chi connectivity index (χ0n) is 12.2. The average Bonchev–Trinajstić information content (AvgIpc) is 2.41. The topological polar surface area (TPSA) is 44.4 Å². The van der Waals surface area contributed by atoms with Gasteiger partial charge in [-0.15, -0.1) is 0 Å². The third-order valence-electron chi connectivity index (χ3n) is 3.92. The summed E-state index contributed by atoms with van der Waals surface area (Å²) < 4.78 is 0. The lowest BCUT2D eigenvalue weighted by atomic mass is 9.94. The molecule has 0 aromatic heterocycles. The van der Waals surface area contributed by atoms with E-state index in [4.69, 9.17) is 11.6 Å². The van der Waals surface area contributed by atoms with Gasteiger partial charge >= 0.3 is 0 Å². The first kappa shape index (κ1) is 15.1. The van der Waals surface area contributed by atoms with Gasteiger partial charge in [-0.25, -0.2) is 0 Å². The van der Waals surface area contributed by atoms with Gasteiger partial charge in [0.15, 0.2) is 0 Å². The van der Waals surface area contributed by atoms with Crippen LogP contribution in [0.2, 0.25) is 5.02 Å². The molecule has 1 aliphatic heterocycles. The predicted octanol–water partition coefficient (Wildman–Crippen LogP) is 2.45. The highest BCUT2D eigenvalue weighted by atomic mass is 35.5. The molecule has 1 amide bonds. The zero-order valence-corrected chi connectivity index (χ0v) is 13.0. The van der Waals surface area contributed by atoms with E-state index in [-0.39, 0.29) is 11.9 Å². The van der Waals surface area contributed by atoms with Crippen LogP contribution in [-0.2, 0) is 0 Å². The molecule has 1 aromatic rings. The molecule has 0 aliphatic carbocycles. The molecule has 2 unspecified atom stereocenters. The van der Waals surface area contributed by atoms with E-state index in [1.807, 2.05) is 6.07 Å². The van der Waals surface area contributed by atoms with Crippen molar-refractivity contribution in [3.05, 3.63) is 28.8 Å². The van der Waals surface area contributed by atoms with E-state index in [0.29, 0.717) is 16.5 Å². The molecule has 2 N–H and O–H groups in total. The van der Waals surface area contributed by atoms with Crippen molar-refractivity contribution in [2.45, 2.75) is 19.4 Å². The van der Waals surface area contributed by atoms with E-state index in [2.05, 4.69) is 29.5 Å². The van der Waals surface area contributed by atoms with Gasteiger partial charge in [0.05, 0.1) is 5.56 Å². The molecule has 2 atom stereocenters. The van der Waals surface area contributed by atoms with Crippen molar-refractivity contribution in [1.82, 2.24) is 10.2 Å². The smallest absolute Gasteiger partial charge is 0.253 e. The van der Waals surface area contributed by atoms with Crippen LogP contribution in [0.1, 0.15) is 23.7 Å². The average molecular weight is 296 g/mol. The first-order chi connectivity index (χ1) is 9.51. The third-order valence-corrected chi connectivity index (χ3v) is 4.16. The van der Waals surface area contributed by atoms with Gasteiger partial charge in [0.1, 0.15) is 0 Å². The molecule has 5 heteroatoms. The van der Waals surface area contributed by atoms with E-state index >= 15 is 0 Å². The molecule has 0 saturated carbocycles. The van der Waals surface area contributed by atoms with Gasteiger partial charge in [0, 0.05) is 30.3 Å². The number of halogens is 1. The Balaban J connectivity index is 2.10. The lowest BCUT2D eigenvalue weighted by molar-refractivity contribution is 0.0884. The molecule has 2 rings (SSSR count). The van der Waals surface area contributed by atoms with E-state index in [0.717, 1.165) is 25.2 Å². The third kappa shape index (κ3) is 3.44. The van der Waals surface area contributed by atoms with Gasteiger partial charge in [-0.05, 0) is 44.1 Å². The molecule has 1 saturated heterocycles. The Labute approximate surface area is 125 Å². The lowest BCUT2D eigenvalue weighted by Gasteiger charge is -2.35. The normalized spacial score (nSPS) is 23.4. The predicted molar refractivity (Wildman–Crippen MR) is 83.5 cm³/mol. The molecule has 1 aliphatic rings. The Bertz CT molecular complexity index is 492. The maximum atomic E-state index is 12.4. The van der Waals surface area contributed by atoms with Crippen LogP contribution >= 0.6 is 11.6 Å². The molecule has 4 nitrogen and oxygen atoms in total. The summed E-state index contributed by atoms with van der Waals surface area (Å²) in [5.41, 5.74) is 1.40. The maximum Gasteiger partial charge on any atom is 0.253 e. The molecule has 1 aromatic carbocycles. The molecule has 0 spiro atoms. The van der Waals surface area contributed by atoms with E-state index in [1.165, 1.54) is 0 Å². The molecule has 0 bridgehead atoms. The number of likely N-dealkylation sites (tertiary alicyclic amines) is 1. The summed E-state index contributed by atoms with van der Waals surface area (Å²) in [6, 6.07) is 5.54. The van der Waals surface area contributed by atoms with Gasteiger partial charge < -0.3 is 15.5 Å². The second-order valence-electron chi connectivity index (χ2n) is 5.55. The molecule has 110 valence electrons. The molecular formula is C15H22ClN3O. The van der Waals surface area contributed by atoms with Crippen molar-refractivity contribution in [3.8, 4) is 0 Å². The second-order valence-corrected chi connectivity index (χ2v) is 5.98.